The average molecular weight is 458 g/mol. The molecule has 5 nitrogen and oxygen atoms in total. The summed E-state index contributed by atoms with van der Waals surface area (Å²) in [6.07, 6.45) is 1.42. The Hall–Kier alpha value is -2.67. The van der Waals surface area contributed by atoms with Gasteiger partial charge in [0.05, 0.1) is 22.4 Å². The van der Waals surface area contributed by atoms with E-state index in [1.807, 2.05) is 19.1 Å². The van der Waals surface area contributed by atoms with Crippen LogP contribution in [0.4, 0.5) is 5.69 Å². The van der Waals surface area contributed by atoms with Crippen LogP contribution in [0.1, 0.15) is 17.8 Å². The zero-order valence-corrected chi connectivity index (χ0v) is 18.5. The number of halogens is 2. The van der Waals surface area contributed by atoms with Gasteiger partial charge in [-0.1, -0.05) is 47.5 Å². The van der Waals surface area contributed by atoms with Crippen LogP contribution in [0.25, 0.3) is 21.3 Å². The van der Waals surface area contributed by atoms with E-state index in [1.165, 1.54) is 22.2 Å². The smallest absolute Gasteiger partial charge is 0.263 e. The third-order valence-electron chi connectivity index (χ3n) is 4.87. The lowest BCUT2D eigenvalue weighted by atomic mass is 10.0. The largest absolute Gasteiger partial charge is 0.323 e. The zero-order chi connectivity index (χ0) is 21.4. The van der Waals surface area contributed by atoms with Crippen molar-refractivity contribution in [3.8, 4) is 11.1 Å². The van der Waals surface area contributed by atoms with Crippen LogP contribution < -0.4 is 10.9 Å². The lowest BCUT2D eigenvalue weighted by Crippen LogP contribution is -2.31. The van der Waals surface area contributed by atoms with E-state index in [4.69, 9.17) is 23.2 Å². The first-order valence-electron chi connectivity index (χ1n) is 9.18. The van der Waals surface area contributed by atoms with E-state index in [-0.39, 0.29) is 11.5 Å². The molecule has 2 heterocycles. The first-order chi connectivity index (χ1) is 14.4. The van der Waals surface area contributed by atoms with Crippen LogP contribution in [0, 0.1) is 6.92 Å². The molecule has 0 saturated carbocycles. The highest BCUT2D eigenvalue weighted by molar-refractivity contribution is 7.19. The normalized spacial score (nSPS) is 12.1. The Balaban J connectivity index is 1.77. The summed E-state index contributed by atoms with van der Waals surface area (Å²) in [5, 5.41) is 4.32. The molecule has 0 fully saturated rings. The standard InChI is InChI=1S/C22H17Cl2N3O2S/c1-12(20(28)26-17-6-4-3-5-16(17)24)27-11-25-21-19(22(27)29)18(13(2)30-21)14-7-9-15(23)10-8-14/h3-12H,1-2H3,(H,26,28). The molecule has 1 N–H and O–H groups in total. The first-order valence-corrected chi connectivity index (χ1v) is 10.8. The molecule has 0 bridgehead atoms. The van der Waals surface area contributed by atoms with Gasteiger partial charge in [0.25, 0.3) is 5.56 Å². The van der Waals surface area contributed by atoms with Gasteiger partial charge in [0, 0.05) is 15.5 Å². The minimum absolute atomic E-state index is 0.267. The van der Waals surface area contributed by atoms with E-state index in [0.29, 0.717) is 25.9 Å². The van der Waals surface area contributed by atoms with Gasteiger partial charge in [-0.25, -0.2) is 4.98 Å². The van der Waals surface area contributed by atoms with Crippen LogP contribution in [-0.4, -0.2) is 15.5 Å². The molecule has 0 radical (unpaired) electrons. The number of anilines is 1. The summed E-state index contributed by atoms with van der Waals surface area (Å²) in [6, 6.07) is 13.5. The molecule has 1 atom stereocenters. The molecule has 0 aliphatic carbocycles. The van der Waals surface area contributed by atoms with Crippen molar-refractivity contribution >= 4 is 56.3 Å². The topological polar surface area (TPSA) is 64.0 Å². The van der Waals surface area contributed by atoms with E-state index in [9.17, 15) is 9.59 Å². The van der Waals surface area contributed by atoms with E-state index >= 15 is 0 Å². The number of aryl methyl sites for hydroxylation is 1. The summed E-state index contributed by atoms with van der Waals surface area (Å²) in [5.74, 6) is -0.355. The van der Waals surface area contributed by atoms with Gasteiger partial charge >= 0.3 is 0 Å². The van der Waals surface area contributed by atoms with Crippen LogP contribution >= 0.6 is 34.5 Å². The molecular weight excluding hydrogens is 441 g/mol. The van der Waals surface area contributed by atoms with Gasteiger partial charge in [0.15, 0.2) is 0 Å². The molecule has 2 aromatic heterocycles. The second-order valence-electron chi connectivity index (χ2n) is 6.82. The maximum absolute atomic E-state index is 13.4. The van der Waals surface area contributed by atoms with Crippen LogP contribution in [0.5, 0.6) is 0 Å². The van der Waals surface area contributed by atoms with Gasteiger partial charge < -0.3 is 5.32 Å². The molecule has 8 heteroatoms. The first kappa shape index (κ1) is 20.6. The molecular formula is C22H17Cl2N3O2S. The van der Waals surface area contributed by atoms with Crippen molar-refractivity contribution in [2.45, 2.75) is 19.9 Å². The molecule has 0 aliphatic rings. The van der Waals surface area contributed by atoms with E-state index in [0.717, 1.165) is 16.0 Å². The minimum atomic E-state index is -0.774. The van der Waals surface area contributed by atoms with Gasteiger partial charge in [-0.2, -0.15) is 0 Å². The predicted molar refractivity (Wildman–Crippen MR) is 124 cm³/mol. The molecule has 2 aromatic carbocycles. The summed E-state index contributed by atoms with van der Waals surface area (Å²) in [4.78, 5) is 32.2. The summed E-state index contributed by atoms with van der Waals surface area (Å²) < 4.78 is 1.35. The number of para-hydroxylation sites is 1. The number of amides is 1. The number of hydrogen-bond donors (Lipinski definition) is 1. The molecule has 0 spiro atoms. The number of nitrogens with zero attached hydrogens (tertiary/aromatic N) is 2. The maximum atomic E-state index is 13.4. The number of thiophene rings is 1. The van der Waals surface area contributed by atoms with E-state index in [1.54, 1.807) is 43.3 Å². The van der Waals surface area contributed by atoms with Gasteiger partial charge in [-0.15, -0.1) is 11.3 Å². The zero-order valence-electron chi connectivity index (χ0n) is 16.1. The summed E-state index contributed by atoms with van der Waals surface area (Å²) >= 11 is 13.6. The van der Waals surface area contributed by atoms with Gasteiger partial charge in [0.1, 0.15) is 10.9 Å². The van der Waals surface area contributed by atoms with Crippen molar-refractivity contribution in [1.29, 1.82) is 0 Å². The number of aromatic nitrogens is 2. The third-order valence-corrected chi connectivity index (χ3v) is 6.47. The van der Waals surface area contributed by atoms with Gasteiger partial charge in [0.2, 0.25) is 5.91 Å². The molecule has 4 rings (SSSR count). The fraction of sp³-hybridized carbons (Fsp3) is 0.136. The van der Waals surface area contributed by atoms with Crippen molar-refractivity contribution in [1.82, 2.24) is 9.55 Å². The number of rotatable bonds is 4. The van der Waals surface area contributed by atoms with E-state index < -0.39 is 6.04 Å². The SMILES string of the molecule is Cc1sc2ncn(C(C)C(=O)Nc3ccccc3Cl)c(=O)c2c1-c1ccc(Cl)cc1. The highest BCUT2D eigenvalue weighted by Crippen LogP contribution is 2.36. The van der Waals surface area contributed by atoms with Crippen LogP contribution in [0.15, 0.2) is 59.7 Å². The Bertz CT molecular complexity index is 1310. The lowest BCUT2D eigenvalue weighted by molar-refractivity contribution is -0.118. The second kappa shape index (κ2) is 8.22. The van der Waals surface area contributed by atoms with Crippen molar-refractivity contribution in [2.75, 3.05) is 5.32 Å². The van der Waals surface area contributed by atoms with E-state index in [2.05, 4.69) is 10.3 Å². The minimum Gasteiger partial charge on any atom is -0.323 e. The van der Waals surface area contributed by atoms with Crippen molar-refractivity contribution < 1.29 is 4.79 Å². The summed E-state index contributed by atoms with van der Waals surface area (Å²) in [5.41, 5.74) is 1.92. The van der Waals surface area contributed by atoms with Crippen LogP contribution in [0.3, 0.4) is 0 Å². The lowest BCUT2D eigenvalue weighted by Gasteiger charge is -2.15. The Morgan fingerprint density at radius 2 is 1.83 bits per heavy atom. The number of nitrogens with one attached hydrogen (secondary N) is 1. The molecule has 1 unspecified atom stereocenters. The highest BCUT2D eigenvalue weighted by atomic mass is 35.5. The molecule has 0 saturated heterocycles. The van der Waals surface area contributed by atoms with Crippen LogP contribution in [-0.2, 0) is 4.79 Å². The second-order valence-corrected chi connectivity index (χ2v) is 8.87. The Morgan fingerprint density at radius 3 is 2.53 bits per heavy atom. The maximum Gasteiger partial charge on any atom is 0.263 e. The van der Waals surface area contributed by atoms with Gasteiger partial charge in [-0.05, 0) is 43.7 Å². The Kier molecular flexibility index (Phi) is 5.64. The highest BCUT2D eigenvalue weighted by Gasteiger charge is 2.22. The van der Waals surface area contributed by atoms with Crippen molar-refractivity contribution in [3.63, 3.8) is 0 Å². The molecule has 0 aliphatic heterocycles. The summed E-state index contributed by atoms with van der Waals surface area (Å²) in [7, 11) is 0. The molecule has 30 heavy (non-hydrogen) atoms. The Labute approximate surface area is 186 Å². The molecule has 4 aromatic rings. The number of fused-ring (bicyclic) bond motifs is 1. The monoisotopic (exact) mass is 457 g/mol. The quantitative estimate of drug-likeness (QED) is 0.412. The number of benzene rings is 2. The fourth-order valence-corrected chi connectivity index (χ4v) is 4.59. The molecule has 1 amide bonds. The number of carbonyl (C=O) groups excluding carboxylic acids is 1. The fourth-order valence-electron chi connectivity index (χ4n) is 3.28. The van der Waals surface area contributed by atoms with Crippen molar-refractivity contribution in [3.05, 3.63) is 80.1 Å². The van der Waals surface area contributed by atoms with Crippen molar-refractivity contribution in [2.24, 2.45) is 0 Å². The Morgan fingerprint density at radius 1 is 1.13 bits per heavy atom. The third kappa shape index (κ3) is 3.74. The molecule has 152 valence electrons. The van der Waals surface area contributed by atoms with Crippen LogP contribution in [0.2, 0.25) is 10.0 Å². The predicted octanol–water partition coefficient (Wildman–Crippen LogP) is 5.94. The number of hydrogen-bond acceptors (Lipinski definition) is 4. The van der Waals surface area contributed by atoms with Gasteiger partial charge in [-0.3, -0.25) is 14.2 Å². The summed E-state index contributed by atoms with van der Waals surface area (Å²) in [6.45, 7) is 3.61. The average Bonchev–Trinajstić information content (AvgIpc) is 3.07. The number of carbonyl (C=O) groups is 1.